The van der Waals surface area contributed by atoms with E-state index in [9.17, 15) is 9.59 Å². The molecule has 98 valence electrons. The maximum atomic E-state index is 11.5. The van der Waals surface area contributed by atoms with Crippen LogP contribution in [-0.4, -0.2) is 28.0 Å². The number of rotatable bonds is 6. The normalized spacial score (nSPS) is 12.2. The van der Waals surface area contributed by atoms with Crippen LogP contribution in [0.5, 0.6) is 0 Å². The van der Waals surface area contributed by atoms with Gasteiger partial charge >= 0.3 is 5.97 Å². The lowest BCUT2D eigenvalue weighted by Crippen LogP contribution is -2.30. The molecule has 1 rings (SSSR count). The minimum Gasteiger partial charge on any atom is -0.481 e. The molecule has 0 aliphatic rings. The summed E-state index contributed by atoms with van der Waals surface area (Å²) in [5.41, 5.74) is 0.488. The zero-order chi connectivity index (χ0) is 13.5. The highest BCUT2D eigenvalue weighted by molar-refractivity contribution is 5.79. The molecule has 1 amide bonds. The summed E-state index contributed by atoms with van der Waals surface area (Å²) in [7, 11) is 0. The average molecular weight is 250 g/mol. The number of hydrogen-bond acceptors (Lipinski definition) is 3. The summed E-state index contributed by atoms with van der Waals surface area (Å²) in [5.74, 6) is -1.82. The van der Waals surface area contributed by atoms with Crippen molar-refractivity contribution < 1.29 is 14.7 Å². The van der Waals surface area contributed by atoms with E-state index in [0.717, 1.165) is 0 Å². The van der Waals surface area contributed by atoms with Crippen LogP contribution >= 0.6 is 0 Å². The lowest BCUT2D eigenvalue weighted by atomic mass is 9.98. The third kappa shape index (κ3) is 4.53. The SMILES string of the molecule is CC(C)NC(=O)CCC(C(=O)O)c1ccccn1. The van der Waals surface area contributed by atoms with Crippen molar-refractivity contribution in [2.75, 3.05) is 0 Å². The Morgan fingerprint density at radius 3 is 2.61 bits per heavy atom. The smallest absolute Gasteiger partial charge is 0.312 e. The van der Waals surface area contributed by atoms with Crippen LogP contribution in [-0.2, 0) is 9.59 Å². The van der Waals surface area contributed by atoms with Crippen molar-refractivity contribution in [1.82, 2.24) is 10.3 Å². The van der Waals surface area contributed by atoms with E-state index in [1.807, 2.05) is 13.8 Å². The van der Waals surface area contributed by atoms with Gasteiger partial charge in [-0.05, 0) is 32.4 Å². The summed E-state index contributed by atoms with van der Waals surface area (Å²) in [4.78, 5) is 26.7. The van der Waals surface area contributed by atoms with Gasteiger partial charge in [-0.3, -0.25) is 14.6 Å². The summed E-state index contributed by atoms with van der Waals surface area (Å²) in [6.45, 7) is 3.73. The Kier molecular flexibility index (Phi) is 5.30. The van der Waals surface area contributed by atoms with Crippen LogP contribution in [0, 0.1) is 0 Å². The molecule has 0 saturated heterocycles. The van der Waals surface area contributed by atoms with Crippen LogP contribution in [0.3, 0.4) is 0 Å². The van der Waals surface area contributed by atoms with Gasteiger partial charge in [-0.1, -0.05) is 6.07 Å². The number of carboxylic acids is 1. The summed E-state index contributed by atoms with van der Waals surface area (Å²) in [6, 6.07) is 5.20. The average Bonchev–Trinajstić information content (AvgIpc) is 2.29. The Balaban J connectivity index is 2.60. The summed E-state index contributed by atoms with van der Waals surface area (Å²) < 4.78 is 0. The number of amides is 1. The number of carbonyl (C=O) groups is 2. The molecule has 0 saturated carbocycles. The Bertz CT molecular complexity index is 404. The largest absolute Gasteiger partial charge is 0.481 e. The number of nitrogens with one attached hydrogen (secondary N) is 1. The van der Waals surface area contributed by atoms with Crippen molar-refractivity contribution in [2.45, 2.75) is 38.6 Å². The molecule has 5 nitrogen and oxygen atoms in total. The molecule has 2 N–H and O–H groups in total. The van der Waals surface area contributed by atoms with E-state index in [2.05, 4.69) is 10.3 Å². The van der Waals surface area contributed by atoms with Gasteiger partial charge in [0.2, 0.25) is 5.91 Å². The Morgan fingerprint density at radius 1 is 1.39 bits per heavy atom. The zero-order valence-corrected chi connectivity index (χ0v) is 10.6. The van der Waals surface area contributed by atoms with E-state index >= 15 is 0 Å². The van der Waals surface area contributed by atoms with Crippen LogP contribution in [0.2, 0.25) is 0 Å². The molecule has 0 bridgehead atoms. The van der Waals surface area contributed by atoms with Crippen LogP contribution in [0.15, 0.2) is 24.4 Å². The van der Waals surface area contributed by atoms with Crippen LogP contribution in [0.25, 0.3) is 0 Å². The second-order valence-corrected chi connectivity index (χ2v) is 4.41. The van der Waals surface area contributed by atoms with Gasteiger partial charge in [0.15, 0.2) is 0 Å². The number of carboxylic acid groups (broad SMARTS) is 1. The van der Waals surface area contributed by atoms with Crippen molar-refractivity contribution in [3.63, 3.8) is 0 Å². The van der Waals surface area contributed by atoms with E-state index in [0.29, 0.717) is 5.69 Å². The fraction of sp³-hybridized carbons (Fsp3) is 0.462. The van der Waals surface area contributed by atoms with Crippen molar-refractivity contribution in [3.05, 3.63) is 30.1 Å². The third-order valence-electron chi connectivity index (χ3n) is 2.45. The molecule has 0 aliphatic heterocycles. The molecule has 1 unspecified atom stereocenters. The fourth-order valence-electron chi connectivity index (χ4n) is 1.65. The molecule has 1 heterocycles. The Morgan fingerprint density at radius 2 is 2.11 bits per heavy atom. The molecule has 0 fully saturated rings. The molecule has 0 radical (unpaired) electrons. The molecule has 1 atom stereocenters. The second-order valence-electron chi connectivity index (χ2n) is 4.41. The van der Waals surface area contributed by atoms with Crippen molar-refractivity contribution in [3.8, 4) is 0 Å². The first kappa shape index (κ1) is 14.2. The second kappa shape index (κ2) is 6.74. The summed E-state index contributed by atoms with van der Waals surface area (Å²) >= 11 is 0. The van der Waals surface area contributed by atoms with Gasteiger partial charge in [0, 0.05) is 18.7 Å². The molecule has 1 aromatic heterocycles. The van der Waals surface area contributed by atoms with E-state index in [1.165, 1.54) is 0 Å². The van der Waals surface area contributed by atoms with Crippen LogP contribution in [0.4, 0.5) is 0 Å². The predicted molar refractivity (Wildman–Crippen MR) is 67.1 cm³/mol. The number of aromatic nitrogens is 1. The quantitative estimate of drug-likeness (QED) is 0.803. The van der Waals surface area contributed by atoms with E-state index < -0.39 is 11.9 Å². The van der Waals surface area contributed by atoms with Gasteiger partial charge in [-0.25, -0.2) is 0 Å². The van der Waals surface area contributed by atoms with E-state index in [4.69, 9.17) is 5.11 Å². The molecule has 0 aliphatic carbocycles. The molecule has 0 spiro atoms. The molecular formula is C13H18N2O3. The minimum absolute atomic E-state index is 0.0654. The highest BCUT2D eigenvalue weighted by Crippen LogP contribution is 2.19. The van der Waals surface area contributed by atoms with Gasteiger partial charge < -0.3 is 10.4 Å². The number of carbonyl (C=O) groups excluding carboxylic acids is 1. The highest BCUT2D eigenvalue weighted by Gasteiger charge is 2.21. The first-order valence-corrected chi connectivity index (χ1v) is 5.93. The minimum atomic E-state index is -0.953. The monoisotopic (exact) mass is 250 g/mol. The number of pyridine rings is 1. The molecule has 18 heavy (non-hydrogen) atoms. The number of nitrogens with zero attached hydrogens (tertiary/aromatic N) is 1. The lowest BCUT2D eigenvalue weighted by molar-refractivity contribution is -0.139. The fourth-order valence-corrected chi connectivity index (χ4v) is 1.65. The Labute approximate surface area is 106 Å². The first-order chi connectivity index (χ1) is 8.50. The van der Waals surface area contributed by atoms with Gasteiger partial charge in [-0.2, -0.15) is 0 Å². The molecular weight excluding hydrogens is 232 g/mol. The lowest BCUT2D eigenvalue weighted by Gasteiger charge is -2.12. The third-order valence-corrected chi connectivity index (χ3v) is 2.45. The molecule has 5 heteroatoms. The first-order valence-electron chi connectivity index (χ1n) is 5.93. The maximum absolute atomic E-state index is 11.5. The van der Waals surface area contributed by atoms with Crippen molar-refractivity contribution in [1.29, 1.82) is 0 Å². The molecule has 0 aromatic carbocycles. The van der Waals surface area contributed by atoms with Crippen molar-refractivity contribution >= 4 is 11.9 Å². The van der Waals surface area contributed by atoms with Gasteiger partial charge in [0.1, 0.15) is 0 Å². The van der Waals surface area contributed by atoms with Crippen molar-refractivity contribution in [2.24, 2.45) is 0 Å². The van der Waals surface area contributed by atoms with Crippen LogP contribution in [0.1, 0.15) is 38.3 Å². The number of hydrogen-bond donors (Lipinski definition) is 2. The van der Waals surface area contributed by atoms with Gasteiger partial charge in [0.25, 0.3) is 0 Å². The highest BCUT2D eigenvalue weighted by atomic mass is 16.4. The standard InChI is InChI=1S/C13H18N2O3/c1-9(2)15-12(16)7-6-10(13(17)18)11-5-3-4-8-14-11/h3-5,8-10H,6-7H2,1-2H3,(H,15,16)(H,17,18). The Hall–Kier alpha value is -1.91. The topological polar surface area (TPSA) is 79.3 Å². The molecule has 1 aromatic rings. The van der Waals surface area contributed by atoms with Gasteiger partial charge in [-0.15, -0.1) is 0 Å². The maximum Gasteiger partial charge on any atom is 0.312 e. The van der Waals surface area contributed by atoms with E-state index in [-0.39, 0.29) is 24.8 Å². The summed E-state index contributed by atoms with van der Waals surface area (Å²) in [5, 5.41) is 11.9. The van der Waals surface area contributed by atoms with E-state index in [1.54, 1.807) is 24.4 Å². The van der Waals surface area contributed by atoms with Gasteiger partial charge in [0.05, 0.1) is 11.6 Å². The van der Waals surface area contributed by atoms with Crippen LogP contribution < -0.4 is 5.32 Å². The number of aliphatic carboxylic acids is 1. The zero-order valence-electron chi connectivity index (χ0n) is 10.6. The summed E-state index contributed by atoms with van der Waals surface area (Å²) in [6.07, 6.45) is 2.00. The predicted octanol–water partition coefficient (Wildman–Crippen LogP) is 1.55.